The molecule has 18 heavy (non-hydrogen) atoms. The van der Waals surface area contributed by atoms with Crippen LogP contribution in [0.1, 0.15) is 5.56 Å². The lowest BCUT2D eigenvalue weighted by molar-refractivity contribution is -0.385. The van der Waals surface area contributed by atoms with Crippen molar-refractivity contribution in [3.05, 3.63) is 46.4 Å². The maximum atomic E-state index is 10.9. The molecule has 0 aliphatic carbocycles. The van der Waals surface area contributed by atoms with Gasteiger partial charge in [0.1, 0.15) is 6.20 Å². The molecule has 2 heterocycles. The second-order valence-electron chi connectivity index (χ2n) is 3.65. The van der Waals surface area contributed by atoms with E-state index in [1.807, 2.05) is 0 Å². The van der Waals surface area contributed by atoms with Gasteiger partial charge in [0.25, 0.3) is 5.69 Å². The van der Waals surface area contributed by atoms with Crippen LogP contribution in [0.3, 0.4) is 0 Å². The van der Waals surface area contributed by atoms with Crippen molar-refractivity contribution in [2.45, 2.75) is 6.92 Å². The molecule has 0 unspecified atom stereocenters. The van der Waals surface area contributed by atoms with Crippen LogP contribution in [-0.4, -0.2) is 22.0 Å². The Morgan fingerprint density at radius 2 is 2.11 bits per heavy atom. The molecule has 6 nitrogen and oxygen atoms in total. The van der Waals surface area contributed by atoms with Crippen molar-refractivity contribution in [2.24, 2.45) is 0 Å². The van der Waals surface area contributed by atoms with Crippen LogP contribution in [0, 0.1) is 17.0 Å². The van der Waals surface area contributed by atoms with E-state index in [2.05, 4.69) is 9.97 Å². The Balaban J connectivity index is 2.64. The van der Waals surface area contributed by atoms with Gasteiger partial charge >= 0.3 is 0 Å². The summed E-state index contributed by atoms with van der Waals surface area (Å²) in [5, 5.41) is 10.9. The number of nitrogens with zero attached hydrogens (tertiary/aromatic N) is 3. The van der Waals surface area contributed by atoms with Gasteiger partial charge in [-0.15, -0.1) is 0 Å². The van der Waals surface area contributed by atoms with E-state index in [9.17, 15) is 10.1 Å². The fourth-order valence-electron chi connectivity index (χ4n) is 1.73. The number of hydrogen-bond donors (Lipinski definition) is 0. The van der Waals surface area contributed by atoms with Gasteiger partial charge in [0.2, 0.25) is 5.88 Å². The zero-order valence-corrected chi connectivity index (χ0v) is 9.95. The van der Waals surface area contributed by atoms with E-state index in [-0.39, 0.29) is 5.69 Å². The molecule has 0 saturated heterocycles. The first-order valence-electron chi connectivity index (χ1n) is 5.23. The molecule has 0 N–H and O–H groups in total. The summed E-state index contributed by atoms with van der Waals surface area (Å²) in [5.41, 5.74) is 1.86. The highest BCUT2D eigenvalue weighted by atomic mass is 16.6. The van der Waals surface area contributed by atoms with E-state index in [0.717, 1.165) is 0 Å². The van der Waals surface area contributed by atoms with Crippen molar-refractivity contribution in [3.63, 3.8) is 0 Å². The van der Waals surface area contributed by atoms with E-state index in [0.29, 0.717) is 22.6 Å². The van der Waals surface area contributed by atoms with Gasteiger partial charge in [0.05, 0.1) is 12.0 Å². The van der Waals surface area contributed by atoms with Crippen molar-refractivity contribution >= 4 is 5.69 Å². The highest BCUT2D eigenvalue weighted by molar-refractivity contribution is 5.73. The standard InChI is InChI=1S/C12H11N3O3/c1-8-10(6-13-7-11(8)15(16)17)9-4-3-5-14-12(9)18-2/h3-7H,1-2H3. The molecular formula is C12H11N3O3. The maximum Gasteiger partial charge on any atom is 0.291 e. The third-order valence-electron chi connectivity index (χ3n) is 2.64. The van der Waals surface area contributed by atoms with Gasteiger partial charge in [-0.05, 0) is 19.1 Å². The minimum atomic E-state index is -0.450. The monoisotopic (exact) mass is 245 g/mol. The van der Waals surface area contributed by atoms with Crippen LogP contribution in [0.2, 0.25) is 0 Å². The van der Waals surface area contributed by atoms with Crippen LogP contribution < -0.4 is 4.74 Å². The van der Waals surface area contributed by atoms with Gasteiger partial charge < -0.3 is 4.74 Å². The molecule has 0 aliphatic rings. The molecule has 0 saturated carbocycles. The summed E-state index contributed by atoms with van der Waals surface area (Å²) in [6, 6.07) is 3.54. The van der Waals surface area contributed by atoms with Crippen molar-refractivity contribution < 1.29 is 9.66 Å². The summed E-state index contributed by atoms with van der Waals surface area (Å²) in [5.74, 6) is 0.419. The lowest BCUT2D eigenvalue weighted by atomic mass is 10.0. The molecule has 6 heteroatoms. The smallest absolute Gasteiger partial charge is 0.291 e. The Kier molecular flexibility index (Phi) is 3.18. The van der Waals surface area contributed by atoms with Crippen LogP contribution in [-0.2, 0) is 0 Å². The summed E-state index contributed by atoms with van der Waals surface area (Å²) in [4.78, 5) is 18.4. The number of nitro groups is 1. The summed E-state index contributed by atoms with van der Waals surface area (Å²) >= 11 is 0. The number of hydrogen-bond acceptors (Lipinski definition) is 5. The number of aromatic nitrogens is 2. The van der Waals surface area contributed by atoms with Crippen LogP contribution >= 0.6 is 0 Å². The predicted molar refractivity (Wildman–Crippen MR) is 65.4 cm³/mol. The fourth-order valence-corrected chi connectivity index (χ4v) is 1.73. The van der Waals surface area contributed by atoms with E-state index in [4.69, 9.17) is 4.74 Å². The van der Waals surface area contributed by atoms with Gasteiger partial charge in [-0.2, -0.15) is 0 Å². The van der Waals surface area contributed by atoms with Crippen LogP contribution in [0.15, 0.2) is 30.7 Å². The number of rotatable bonds is 3. The van der Waals surface area contributed by atoms with Crippen molar-refractivity contribution in [1.29, 1.82) is 0 Å². The van der Waals surface area contributed by atoms with Crippen molar-refractivity contribution in [3.8, 4) is 17.0 Å². The summed E-state index contributed by atoms with van der Waals surface area (Å²) < 4.78 is 5.15. The Labute approximate surface area is 103 Å². The summed E-state index contributed by atoms with van der Waals surface area (Å²) in [7, 11) is 1.51. The normalized spacial score (nSPS) is 10.1. The highest BCUT2D eigenvalue weighted by Crippen LogP contribution is 2.33. The minimum absolute atomic E-state index is 0.0154. The molecule has 2 aromatic rings. The van der Waals surface area contributed by atoms with Gasteiger partial charge in [-0.1, -0.05) is 0 Å². The SMILES string of the molecule is COc1ncccc1-c1cncc([N+](=O)[O-])c1C. The Hall–Kier alpha value is -2.50. The van der Waals surface area contributed by atoms with Crippen LogP contribution in [0.25, 0.3) is 11.1 Å². The van der Waals surface area contributed by atoms with Crippen LogP contribution in [0.5, 0.6) is 5.88 Å². The van der Waals surface area contributed by atoms with Crippen LogP contribution in [0.4, 0.5) is 5.69 Å². The summed E-state index contributed by atoms with van der Waals surface area (Å²) in [6.45, 7) is 1.68. The van der Waals surface area contributed by atoms with Gasteiger partial charge in [0.15, 0.2) is 0 Å². The van der Waals surface area contributed by atoms with Crippen molar-refractivity contribution in [1.82, 2.24) is 9.97 Å². The zero-order valence-electron chi connectivity index (χ0n) is 9.95. The molecule has 0 aromatic carbocycles. The largest absolute Gasteiger partial charge is 0.481 e. The Morgan fingerprint density at radius 3 is 2.78 bits per heavy atom. The average molecular weight is 245 g/mol. The van der Waals surface area contributed by atoms with Gasteiger partial charge in [0, 0.05) is 29.1 Å². The minimum Gasteiger partial charge on any atom is -0.481 e. The summed E-state index contributed by atoms with van der Waals surface area (Å²) in [6.07, 6.45) is 4.41. The van der Waals surface area contributed by atoms with Crippen molar-refractivity contribution in [2.75, 3.05) is 7.11 Å². The molecular weight excluding hydrogens is 234 g/mol. The zero-order chi connectivity index (χ0) is 13.1. The molecule has 0 radical (unpaired) electrons. The first kappa shape index (κ1) is 12.0. The van der Waals surface area contributed by atoms with Gasteiger partial charge in [-0.3, -0.25) is 15.1 Å². The molecule has 2 aromatic heterocycles. The first-order valence-corrected chi connectivity index (χ1v) is 5.23. The first-order chi connectivity index (χ1) is 8.65. The quantitative estimate of drug-likeness (QED) is 0.612. The molecule has 0 fully saturated rings. The number of ether oxygens (including phenoxy) is 1. The topological polar surface area (TPSA) is 78.2 Å². The molecule has 92 valence electrons. The Morgan fingerprint density at radius 1 is 1.33 bits per heavy atom. The van der Waals surface area contributed by atoms with E-state index < -0.39 is 4.92 Å². The highest BCUT2D eigenvalue weighted by Gasteiger charge is 2.17. The third kappa shape index (κ3) is 2.00. The average Bonchev–Trinajstić information content (AvgIpc) is 2.38. The molecule has 0 atom stereocenters. The molecule has 0 amide bonds. The van der Waals surface area contributed by atoms with E-state index in [1.54, 1.807) is 31.5 Å². The second-order valence-corrected chi connectivity index (χ2v) is 3.65. The predicted octanol–water partition coefficient (Wildman–Crippen LogP) is 2.37. The lowest BCUT2D eigenvalue weighted by Gasteiger charge is -2.09. The molecule has 0 spiro atoms. The number of pyridine rings is 2. The van der Waals surface area contributed by atoms with Gasteiger partial charge in [-0.25, -0.2) is 4.98 Å². The fraction of sp³-hybridized carbons (Fsp3) is 0.167. The molecule has 0 aliphatic heterocycles. The second kappa shape index (κ2) is 4.79. The molecule has 2 rings (SSSR count). The lowest BCUT2D eigenvalue weighted by Crippen LogP contribution is -1.97. The van der Waals surface area contributed by atoms with E-state index >= 15 is 0 Å². The molecule has 0 bridgehead atoms. The third-order valence-corrected chi connectivity index (χ3v) is 2.64. The van der Waals surface area contributed by atoms with E-state index in [1.165, 1.54) is 13.3 Å². The maximum absolute atomic E-state index is 10.9. The Bertz CT molecular complexity index is 599. The number of methoxy groups -OCH3 is 1.